The Balaban J connectivity index is 2.24. The Hall–Kier alpha value is -1.26. The minimum atomic E-state index is -0.0653. The number of likely N-dealkylation sites (tertiary alicyclic amines) is 1. The summed E-state index contributed by atoms with van der Waals surface area (Å²) in [5.41, 5.74) is 6.39. The SMILES string of the molecule is COc1ccc(Cl)cc1C(=O)N1CCCC(N)C1. The topological polar surface area (TPSA) is 55.6 Å². The average Bonchev–Trinajstić information content (AvgIpc) is 2.38. The maximum atomic E-state index is 12.4. The molecule has 0 radical (unpaired) electrons. The molecule has 1 atom stereocenters. The van der Waals surface area contributed by atoms with Crippen LogP contribution in [0.4, 0.5) is 0 Å². The van der Waals surface area contributed by atoms with Gasteiger partial charge in [0.1, 0.15) is 5.75 Å². The molecule has 0 aromatic heterocycles. The van der Waals surface area contributed by atoms with Crippen LogP contribution in [0.15, 0.2) is 18.2 Å². The van der Waals surface area contributed by atoms with Crippen LogP contribution in [-0.4, -0.2) is 37.0 Å². The molecule has 0 aliphatic carbocycles. The highest BCUT2D eigenvalue weighted by atomic mass is 35.5. The van der Waals surface area contributed by atoms with E-state index < -0.39 is 0 Å². The Morgan fingerprint density at radius 3 is 3.00 bits per heavy atom. The van der Waals surface area contributed by atoms with Gasteiger partial charge in [-0.05, 0) is 31.0 Å². The van der Waals surface area contributed by atoms with Gasteiger partial charge in [-0.15, -0.1) is 0 Å². The normalized spacial score (nSPS) is 19.7. The van der Waals surface area contributed by atoms with Gasteiger partial charge >= 0.3 is 0 Å². The van der Waals surface area contributed by atoms with Crippen molar-refractivity contribution in [3.63, 3.8) is 0 Å². The highest BCUT2D eigenvalue weighted by molar-refractivity contribution is 6.31. The van der Waals surface area contributed by atoms with Gasteiger partial charge in [0, 0.05) is 24.2 Å². The van der Waals surface area contributed by atoms with Crippen molar-refractivity contribution in [3.8, 4) is 5.75 Å². The molecule has 0 bridgehead atoms. The lowest BCUT2D eigenvalue weighted by atomic mass is 10.0. The van der Waals surface area contributed by atoms with Gasteiger partial charge in [0.15, 0.2) is 0 Å². The van der Waals surface area contributed by atoms with Crippen LogP contribution in [-0.2, 0) is 0 Å². The van der Waals surface area contributed by atoms with Crippen LogP contribution in [0.3, 0.4) is 0 Å². The predicted octanol–water partition coefficient (Wildman–Crippen LogP) is 1.91. The Bertz CT molecular complexity index is 451. The lowest BCUT2D eigenvalue weighted by Crippen LogP contribution is -2.45. The fourth-order valence-corrected chi connectivity index (χ4v) is 2.38. The van der Waals surface area contributed by atoms with Crippen LogP contribution in [0.25, 0.3) is 0 Å². The second-order valence-corrected chi connectivity index (χ2v) is 4.93. The van der Waals surface area contributed by atoms with Gasteiger partial charge in [0.05, 0.1) is 12.7 Å². The number of amides is 1. The molecular weight excluding hydrogens is 252 g/mol. The second-order valence-electron chi connectivity index (χ2n) is 4.50. The molecule has 0 spiro atoms. The fraction of sp³-hybridized carbons (Fsp3) is 0.462. The van der Waals surface area contributed by atoms with Crippen LogP contribution in [0.1, 0.15) is 23.2 Å². The van der Waals surface area contributed by atoms with Crippen molar-refractivity contribution >= 4 is 17.5 Å². The molecule has 1 aromatic rings. The largest absolute Gasteiger partial charge is 0.496 e. The molecule has 1 aliphatic heterocycles. The van der Waals surface area contributed by atoms with Crippen molar-refractivity contribution in [1.82, 2.24) is 4.90 Å². The quantitative estimate of drug-likeness (QED) is 0.891. The zero-order chi connectivity index (χ0) is 13.1. The van der Waals surface area contributed by atoms with Gasteiger partial charge < -0.3 is 15.4 Å². The standard InChI is InChI=1S/C13H17ClN2O2/c1-18-12-5-4-9(14)7-11(12)13(17)16-6-2-3-10(15)8-16/h4-5,7,10H,2-3,6,8,15H2,1H3. The Kier molecular flexibility index (Phi) is 4.09. The van der Waals surface area contributed by atoms with Crippen molar-refractivity contribution in [2.75, 3.05) is 20.2 Å². The van der Waals surface area contributed by atoms with E-state index in [0.717, 1.165) is 19.4 Å². The predicted molar refractivity (Wildman–Crippen MR) is 71.1 cm³/mol. The van der Waals surface area contributed by atoms with Crippen LogP contribution in [0.2, 0.25) is 5.02 Å². The molecule has 18 heavy (non-hydrogen) atoms. The first-order valence-electron chi connectivity index (χ1n) is 6.00. The van der Waals surface area contributed by atoms with Crippen LogP contribution in [0.5, 0.6) is 5.75 Å². The summed E-state index contributed by atoms with van der Waals surface area (Å²) in [5.74, 6) is 0.480. The number of benzene rings is 1. The number of ether oxygens (including phenoxy) is 1. The summed E-state index contributed by atoms with van der Waals surface area (Å²) in [5, 5.41) is 0.528. The summed E-state index contributed by atoms with van der Waals surface area (Å²) in [7, 11) is 1.54. The summed E-state index contributed by atoms with van der Waals surface area (Å²) >= 11 is 5.93. The van der Waals surface area contributed by atoms with E-state index in [9.17, 15) is 4.79 Å². The van der Waals surface area contributed by atoms with E-state index in [0.29, 0.717) is 22.9 Å². The highest BCUT2D eigenvalue weighted by Crippen LogP contribution is 2.25. The monoisotopic (exact) mass is 268 g/mol. The fourth-order valence-electron chi connectivity index (χ4n) is 2.21. The third kappa shape index (κ3) is 2.76. The summed E-state index contributed by atoms with van der Waals surface area (Å²) in [4.78, 5) is 14.2. The number of methoxy groups -OCH3 is 1. The van der Waals surface area contributed by atoms with Gasteiger partial charge in [-0.3, -0.25) is 4.79 Å². The lowest BCUT2D eigenvalue weighted by Gasteiger charge is -2.31. The maximum absolute atomic E-state index is 12.4. The van der Waals surface area contributed by atoms with Gasteiger partial charge in [-0.1, -0.05) is 11.6 Å². The number of hydrogen-bond donors (Lipinski definition) is 1. The average molecular weight is 269 g/mol. The number of piperidine rings is 1. The Morgan fingerprint density at radius 2 is 2.33 bits per heavy atom. The molecule has 1 fully saturated rings. The third-order valence-electron chi connectivity index (χ3n) is 3.14. The van der Waals surface area contributed by atoms with Crippen LogP contribution in [0, 0.1) is 0 Å². The van der Waals surface area contributed by atoms with E-state index in [1.165, 1.54) is 0 Å². The molecule has 5 heteroatoms. The molecule has 98 valence electrons. The van der Waals surface area contributed by atoms with Crippen LogP contribution < -0.4 is 10.5 Å². The number of halogens is 1. The van der Waals surface area contributed by atoms with E-state index in [2.05, 4.69) is 0 Å². The van der Waals surface area contributed by atoms with E-state index in [-0.39, 0.29) is 11.9 Å². The van der Waals surface area contributed by atoms with Crippen molar-refractivity contribution in [1.29, 1.82) is 0 Å². The van der Waals surface area contributed by atoms with Gasteiger partial charge in [0.2, 0.25) is 0 Å². The Morgan fingerprint density at radius 1 is 1.56 bits per heavy atom. The van der Waals surface area contributed by atoms with E-state index in [1.807, 2.05) is 0 Å². The van der Waals surface area contributed by atoms with Crippen molar-refractivity contribution in [3.05, 3.63) is 28.8 Å². The van der Waals surface area contributed by atoms with E-state index >= 15 is 0 Å². The highest BCUT2D eigenvalue weighted by Gasteiger charge is 2.24. The molecule has 2 rings (SSSR count). The number of carbonyl (C=O) groups excluding carboxylic acids is 1. The molecule has 1 amide bonds. The number of carbonyl (C=O) groups is 1. The number of nitrogens with zero attached hydrogens (tertiary/aromatic N) is 1. The zero-order valence-corrected chi connectivity index (χ0v) is 11.1. The third-order valence-corrected chi connectivity index (χ3v) is 3.37. The molecule has 0 saturated carbocycles. The van der Waals surface area contributed by atoms with Gasteiger partial charge in [-0.2, -0.15) is 0 Å². The molecular formula is C13H17ClN2O2. The minimum absolute atomic E-state index is 0.0629. The first-order valence-corrected chi connectivity index (χ1v) is 6.38. The van der Waals surface area contributed by atoms with Crippen molar-refractivity contribution < 1.29 is 9.53 Å². The molecule has 2 N–H and O–H groups in total. The van der Waals surface area contributed by atoms with E-state index in [1.54, 1.807) is 30.2 Å². The molecule has 1 heterocycles. The van der Waals surface area contributed by atoms with Crippen molar-refractivity contribution in [2.24, 2.45) is 5.73 Å². The van der Waals surface area contributed by atoms with Crippen molar-refractivity contribution in [2.45, 2.75) is 18.9 Å². The summed E-state index contributed by atoms with van der Waals surface area (Å²) < 4.78 is 5.20. The number of nitrogens with two attached hydrogens (primary N) is 1. The second kappa shape index (κ2) is 5.59. The first-order chi connectivity index (χ1) is 8.61. The smallest absolute Gasteiger partial charge is 0.257 e. The molecule has 1 aromatic carbocycles. The number of hydrogen-bond acceptors (Lipinski definition) is 3. The molecule has 1 unspecified atom stereocenters. The zero-order valence-electron chi connectivity index (χ0n) is 10.4. The summed E-state index contributed by atoms with van der Waals surface area (Å²) in [6.45, 7) is 1.33. The molecule has 1 saturated heterocycles. The van der Waals surface area contributed by atoms with E-state index in [4.69, 9.17) is 22.1 Å². The first kappa shape index (κ1) is 13.2. The molecule has 4 nitrogen and oxygen atoms in total. The lowest BCUT2D eigenvalue weighted by molar-refractivity contribution is 0.0705. The maximum Gasteiger partial charge on any atom is 0.257 e. The number of rotatable bonds is 2. The van der Waals surface area contributed by atoms with Gasteiger partial charge in [-0.25, -0.2) is 0 Å². The summed E-state index contributed by atoms with van der Waals surface area (Å²) in [6, 6.07) is 5.12. The van der Waals surface area contributed by atoms with Crippen LogP contribution >= 0.6 is 11.6 Å². The summed E-state index contributed by atoms with van der Waals surface area (Å²) in [6.07, 6.45) is 1.91. The van der Waals surface area contributed by atoms with Gasteiger partial charge in [0.25, 0.3) is 5.91 Å². The Labute approximate surface area is 112 Å². The minimum Gasteiger partial charge on any atom is -0.496 e. The molecule has 1 aliphatic rings.